The number of unbranched alkanes of at least 4 members (excludes halogenated alkanes) is 3. The standard InChI is InChI=1S/C23H26ClN3O2/c1-29-16-5-3-2-4-13-26-14-15-27-19-7-6-12-25-21(19)20(22(27)23(26)28)17-8-10-18(24)11-9-17/h6-12H,2-5,13-16H2,1H3. The number of carbonyl (C=O) groups is 1. The van der Waals surface area contributed by atoms with Crippen LogP contribution in [-0.4, -0.2) is 47.2 Å². The minimum absolute atomic E-state index is 0.0936. The van der Waals surface area contributed by atoms with Gasteiger partial charge in [-0.3, -0.25) is 9.78 Å². The molecule has 4 rings (SSSR count). The zero-order valence-electron chi connectivity index (χ0n) is 16.7. The Morgan fingerprint density at radius 2 is 1.86 bits per heavy atom. The lowest BCUT2D eigenvalue weighted by Gasteiger charge is -2.29. The van der Waals surface area contributed by atoms with Crippen LogP contribution in [0.5, 0.6) is 0 Å². The van der Waals surface area contributed by atoms with Crippen LogP contribution in [0.3, 0.4) is 0 Å². The van der Waals surface area contributed by atoms with Gasteiger partial charge in [-0.05, 0) is 42.7 Å². The Labute approximate surface area is 176 Å². The van der Waals surface area contributed by atoms with Crippen LogP contribution in [-0.2, 0) is 11.3 Å². The van der Waals surface area contributed by atoms with Gasteiger partial charge in [0.2, 0.25) is 0 Å². The van der Waals surface area contributed by atoms with E-state index in [1.165, 1.54) is 0 Å². The van der Waals surface area contributed by atoms with Crippen LogP contribution in [0.1, 0.15) is 36.2 Å². The highest BCUT2D eigenvalue weighted by Gasteiger charge is 2.31. The van der Waals surface area contributed by atoms with Gasteiger partial charge in [0, 0.05) is 50.1 Å². The van der Waals surface area contributed by atoms with Crippen LogP contribution >= 0.6 is 11.6 Å². The van der Waals surface area contributed by atoms with Gasteiger partial charge < -0.3 is 14.2 Å². The molecule has 6 heteroatoms. The molecule has 0 aliphatic carbocycles. The molecule has 0 fully saturated rings. The molecule has 0 N–H and O–H groups in total. The van der Waals surface area contributed by atoms with Gasteiger partial charge in [-0.2, -0.15) is 0 Å². The zero-order valence-corrected chi connectivity index (χ0v) is 17.5. The third-order valence-corrected chi connectivity index (χ3v) is 5.82. The van der Waals surface area contributed by atoms with E-state index in [4.69, 9.17) is 16.3 Å². The number of hydrogen-bond acceptors (Lipinski definition) is 3. The fraction of sp³-hybridized carbons (Fsp3) is 0.391. The average Bonchev–Trinajstić information content (AvgIpc) is 3.08. The molecule has 3 aromatic rings. The first kappa shape index (κ1) is 19.9. The van der Waals surface area contributed by atoms with E-state index in [2.05, 4.69) is 9.55 Å². The summed E-state index contributed by atoms with van der Waals surface area (Å²) in [4.78, 5) is 20.0. The highest BCUT2D eigenvalue weighted by atomic mass is 35.5. The van der Waals surface area contributed by atoms with Crippen molar-refractivity contribution in [3.8, 4) is 11.1 Å². The fourth-order valence-corrected chi connectivity index (χ4v) is 4.23. The Hall–Kier alpha value is -2.37. The number of halogens is 1. The quantitative estimate of drug-likeness (QED) is 0.489. The second kappa shape index (κ2) is 8.97. The smallest absolute Gasteiger partial charge is 0.271 e. The number of pyridine rings is 1. The highest BCUT2D eigenvalue weighted by molar-refractivity contribution is 6.30. The largest absolute Gasteiger partial charge is 0.385 e. The van der Waals surface area contributed by atoms with Crippen molar-refractivity contribution >= 4 is 28.5 Å². The van der Waals surface area contributed by atoms with Crippen molar-refractivity contribution in [1.29, 1.82) is 0 Å². The minimum atomic E-state index is 0.0936. The first-order valence-electron chi connectivity index (χ1n) is 10.2. The summed E-state index contributed by atoms with van der Waals surface area (Å²) in [6, 6.07) is 11.6. The second-order valence-corrected chi connectivity index (χ2v) is 7.89. The maximum Gasteiger partial charge on any atom is 0.271 e. The van der Waals surface area contributed by atoms with E-state index >= 15 is 0 Å². The zero-order chi connectivity index (χ0) is 20.2. The monoisotopic (exact) mass is 411 g/mol. The average molecular weight is 412 g/mol. The third kappa shape index (κ3) is 4.02. The number of amides is 1. The molecule has 1 aromatic carbocycles. The molecule has 5 nitrogen and oxygen atoms in total. The molecule has 0 radical (unpaired) electrons. The number of hydrogen-bond donors (Lipinski definition) is 0. The number of nitrogens with zero attached hydrogens (tertiary/aromatic N) is 3. The van der Waals surface area contributed by atoms with E-state index in [-0.39, 0.29) is 5.91 Å². The lowest BCUT2D eigenvalue weighted by atomic mass is 10.0. The third-order valence-electron chi connectivity index (χ3n) is 5.56. The summed E-state index contributed by atoms with van der Waals surface area (Å²) < 4.78 is 7.23. The Kier molecular flexibility index (Phi) is 6.16. The maximum atomic E-state index is 13.4. The van der Waals surface area contributed by atoms with Gasteiger partial charge in [0.1, 0.15) is 5.69 Å². The van der Waals surface area contributed by atoms with E-state index in [0.29, 0.717) is 5.02 Å². The summed E-state index contributed by atoms with van der Waals surface area (Å²) in [5.41, 5.74) is 4.51. The molecule has 2 aromatic heterocycles. The topological polar surface area (TPSA) is 47.4 Å². The van der Waals surface area contributed by atoms with Crippen molar-refractivity contribution in [3.63, 3.8) is 0 Å². The van der Waals surface area contributed by atoms with E-state index in [9.17, 15) is 4.79 Å². The van der Waals surface area contributed by atoms with Gasteiger partial charge >= 0.3 is 0 Å². The van der Waals surface area contributed by atoms with Crippen molar-refractivity contribution in [2.45, 2.75) is 32.2 Å². The Morgan fingerprint density at radius 1 is 1.07 bits per heavy atom. The number of aromatic nitrogens is 2. The van der Waals surface area contributed by atoms with Gasteiger partial charge in [-0.1, -0.05) is 36.6 Å². The SMILES string of the molecule is COCCCCCCN1CCn2c(c(-c3ccc(Cl)cc3)c3ncccc32)C1=O. The molecular weight excluding hydrogens is 386 g/mol. The van der Waals surface area contributed by atoms with E-state index in [1.54, 1.807) is 13.3 Å². The molecule has 1 aliphatic rings. The number of carbonyl (C=O) groups excluding carboxylic acids is 1. The maximum absolute atomic E-state index is 13.4. The van der Waals surface area contributed by atoms with Crippen molar-refractivity contribution in [3.05, 3.63) is 53.3 Å². The van der Waals surface area contributed by atoms with Crippen LogP contribution in [0, 0.1) is 0 Å². The van der Waals surface area contributed by atoms with Crippen LogP contribution in [0.2, 0.25) is 5.02 Å². The van der Waals surface area contributed by atoms with E-state index < -0.39 is 0 Å². The summed E-state index contributed by atoms with van der Waals surface area (Å²) >= 11 is 6.09. The normalized spacial score (nSPS) is 13.9. The Balaban J connectivity index is 1.62. The first-order valence-corrected chi connectivity index (χ1v) is 10.6. The molecule has 152 valence electrons. The molecule has 29 heavy (non-hydrogen) atoms. The van der Waals surface area contributed by atoms with Gasteiger partial charge in [0.15, 0.2) is 0 Å². The van der Waals surface area contributed by atoms with Crippen LogP contribution < -0.4 is 0 Å². The van der Waals surface area contributed by atoms with Crippen molar-refractivity contribution < 1.29 is 9.53 Å². The second-order valence-electron chi connectivity index (χ2n) is 7.45. The number of ether oxygens (including phenoxy) is 1. The lowest BCUT2D eigenvalue weighted by Crippen LogP contribution is -2.40. The van der Waals surface area contributed by atoms with Crippen molar-refractivity contribution in [2.24, 2.45) is 0 Å². The van der Waals surface area contributed by atoms with Crippen molar-refractivity contribution in [1.82, 2.24) is 14.5 Å². The van der Waals surface area contributed by atoms with Gasteiger partial charge in [0.25, 0.3) is 5.91 Å². The van der Waals surface area contributed by atoms with Gasteiger partial charge in [-0.25, -0.2) is 0 Å². The number of benzene rings is 1. The first-order chi connectivity index (χ1) is 14.2. The molecule has 0 saturated carbocycles. The Morgan fingerprint density at radius 3 is 2.66 bits per heavy atom. The Bertz CT molecular complexity index is 997. The summed E-state index contributed by atoms with van der Waals surface area (Å²) in [7, 11) is 1.73. The molecule has 0 spiro atoms. The molecular formula is C23H26ClN3O2. The number of methoxy groups -OCH3 is 1. The van der Waals surface area contributed by atoms with Gasteiger partial charge in [-0.15, -0.1) is 0 Å². The predicted octanol–water partition coefficient (Wildman–Crippen LogP) is 5.02. The predicted molar refractivity (Wildman–Crippen MR) is 116 cm³/mol. The van der Waals surface area contributed by atoms with Crippen LogP contribution in [0.25, 0.3) is 22.2 Å². The number of fused-ring (bicyclic) bond motifs is 3. The van der Waals surface area contributed by atoms with Crippen molar-refractivity contribution in [2.75, 3.05) is 26.8 Å². The molecule has 0 bridgehead atoms. The van der Waals surface area contributed by atoms with Gasteiger partial charge in [0.05, 0.1) is 11.0 Å². The molecule has 1 aliphatic heterocycles. The fourth-order valence-electron chi connectivity index (χ4n) is 4.11. The molecule has 0 saturated heterocycles. The number of rotatable bonds is 8. The highest BCUT2D eigenvalue weighted by Crippen LogP contribution is 2.36. The summed E-state index contributed by atoms with van der Waals surface area (Å²) in [5, 5.41) is 0.681. The summed E-state index contributed by atoms with van der Waals surface area (Å²) in [6.07, 6.45) is 6.13. The minimum Gasteiger partial charge on any atom is -0.385 e. The van der Waals surface area contributed by atoms with E-state index in [0.717, 1.165) is 79.8 Å². The van der Waals surface area contributed by atoms with Crippen LogP contribution in [0.4, 0.5) is 0 Å². The van der Waals surface area contributed by atoms with Crippen LogP contribution in [0.15, 0.2) is 42.6 Å². The summed E-state index contributed by atoms with van der Waals surface area (Å²) in [6.45, 7) is 3.13. The summed E-state index contributed by atoms with van der Waals surface area (Å²) in [5.74, 6) is 0.0936. The van der Waals surface area contributed by atoms with E-state index in [1.807, 2.05) is 41.3 Å². The lowest BCUT2D eigenvalue weighted by molar-refractivity contribution is 0.0704. The molecule has 0 unspecified atom stereocenters. The molecule has 3 heterocycles. The molecule has 1 amide bonds. The molecule has 0 atom stereocenters.